The van der Waals surface area contributed by atoms with Crippen LogP contribution in [-0.2, 0) is 9.53 Å². The second-order valence-corrected chi connectivity index (χ2v) is 4.85. The Hall–Kier alpha value is -0.790. The molecule has 0 aromatic heterocycles. The lowest BCUT2D eigenvalue weighted by Gasteiger charge is -2.05. The van der Waals surface area contributed by atoms with Crippen molar-refractivity contribution in [3.8, 4) is 0 Å². The van der Waals surface area contributed by atoms with E-state index in [1.54, 1.807) is 0 Å². The summed E-state index contributed by atoms with van der Waals surface area (Å²) >= 11 is 0. The Morgan fingerprint density at radius 3 is 2.12 bits per heavy atom. The molecule has 0 bridgehead atoms. The van der Waals surface area contributed by atoms with Crippen LogP contribution in [0, 0.1) is 0 Å². The van der Waals surface area contributed by atoms with Gasteiger partial charge in [-0.25, -0.2) is 0 Å². The summed E-state index contributed by atoms with van der Waals surface area (Å²) in [5.74, 6) is -0.0401. The molecule has 0 saturated heterocycles. The SMILES string of the molecule is O=C1CC/C=C\CCCCCCCCCCO1. The summed E-state index contributed by atoms with van der Waals surface area (Å²) in [6.45, 7) is 0.614. The van der Waals surface area contributed by atoms with Gasteiger partial charge in [0.05, 0.1) is 6.61 Å². The summed E-state index contributed by atoms with van der Waals surface area (Å²) in [7, 11) is 0. The van der Waals surface area contributed by atoms with Gasteiger partial charge in [-0.3, -0.25) is 4.79 Å². The van der Waals surface area contributed by atoms with Crippen molar-refractivity contribution in [2.24, 2.45) is 0 Å². The number of rotatable bonds is 0. The van der Waals surface area contributed by atoms with Crippen LogP contribution in [0.1, 0.15) is 70.6 Å². The van der Waals surface area contributed by atoms with E-state index in [9.17, 15) is 4.79 Å². The van der Waals surface area contributed by atoms with E-state index in [1.165, 1.54) is 44.9 Å². The normalized spacial score (nSPS) is 23.9. The van der Waals surface area contributed by atoms with Crippen molar-refractivity contribution in [2.75, 3.05) is 6.61 Å². The first-order chi connectivity index (χ1) is 8.39. The van der Waals surface area contributed by atoms with Gasteiger partial charge in [0.25, 0.3) is 0 Å². The highest BCUT2D eigenvalue weighted by atomic mass is 16.5. The van der Waals surface area contributed by atoms with Gasteiger partial charge in [0.2, 0.25) is 0 Å². The largest absolute Gasteiger partial charge is 0.466 e. The van der Waals surface area contributed by atoms with Crippen molar-refractivity contribution in [1.29, 1.82) is 0 Å². The monoisotopic (exact) mass is 238 g/mol. The van der Waals surface area contributed by atoms with Gasteiger partial charge in [-0.15, -0.1) is 0 Å². The van der Waals surface area contributed by atoms with E-state index in [-0.39, 0.29) is 5.97 Å². The van der Waals surface area contributed by atoms with E-state index in [1.807, 2.05) is 0 Å². The highest BCUT2D eigenvalue weighted by Crippen LogP contribution is 2.11. The molecule has 0 aromatic rings. The molecule has 98 valence electrons. The molecule has 1 aliphatic heterocycles. The van der Waals surface area contributed by atoms with E-state index >= 15 is 0 Å². The van der Waals surface area contributed by atoms with Gasteiger partial charge in [0.15, 0.2) is 0 Å². The number of carbonyl (C=O) groups excluding carboxylic acids is 1. The zero-order valence-electron chi connectivity index (χ0n) is 11.0. The topological polar surface area (TPSA) is 26.3 Å². The number of cyclic esters (lactones) is 1. The molecular formula is C15H26O2. The van der Waals surface area contributed by atoms with Crippen molar-refractivity contribution < 1.29 is 9.53 Å². The minimum atomic E-state index is -0.0401. The molecule has 0 radical (unpaired) electrons. The minimum Gasteiger partial charge on any atom is -0.466 e. The van der Waals surface area contributed by atoms with Gasteiger partial charge >= 0.3 is 5.97 Å². The molecule has 0 aliphatic carbocycles. The van der Waals surface area contributed by atoms with Gasteiger partial charge in [-0.1, -0.05) is 50.7 Å². The maximum absolute atomic E-state index is 11.3. The van der Waals surface area contributed by atoms with Gasteiger partial charge in [-0.05, 0) is 25.7 Å². The Morgan fingerprint density at radius 2 is 1.35 bits per heavy atom. The van der Waals surface area contributed by atoms with Gasteiger partial charge < -0.3 is 4.74 Å². The molecule has 0 unspecified atom stereocenters. The van der Waals surface area contributed by atoms with Crippen molar-refractivity contribution >= 4 is 5.97 Å². The maximum atomic E-state index is 11.3. The minimum absolute atomic E-state index is 0.0401. The van der Waals surface area contributed by atoms with E-state index in [4.69, 9.17) is 4.74 Å². The number of ether oxygens (including phenoxy) is 1. The van der Waals surface area contributed by atoms with Gasteiger partial charge in [-0.2, -0.15) is 0 Å². The van der Waals surface area contributed by atoms with Crippen LogP contribution in [0.25, 0.3) is 0 Å². The maximum Gasteiger partial charge on any atom is 0.306 e. The molecule has 0 N–H and O–H groups in total. The lowest BCUT2D eigenvalue weighted by molar-refractivity contribution is -0.143. The fourth-order valence-electron chi connectivity index (χ4n) is 2.12. The Morgan fingerprint density at radius 1 is 0.765 bits per heavy atom. The lowest BCUT2D eigenvalue weighted by Crippen LogP contribution is -2.05. The molecule has 0 atom stereocenters. The Bertz CT molecular complexity index is 221. The van der Waals surface area contributed by atoms with E-state index in [0.29, 0.717) is 13.0 Å². The van der Waals surface area contributed by atoms with Crippen LogP contribution in [-0.4, -0.2) is 12.6 Å². The number of esters is 1. The molecule has 2 heteroatoms. The first-order valence-electron chi connectivity index (χ1n) is 7.20. The number of carbonyl (C=O) groups is 1. The summed E-state index contributed by atoms with van der Waals surface area (Å²) in [6, 6.07) is 0. The number of allylic oxidation sites excluding steroid dienone is 2. The molecule has 17 heavy (non-hydrogen) atoms. The standard InChI is InChI=1S/C15H26O2/c16-15-13-11-9-7-5-3-1-2-4-6-8-10-12-14-17-15/h7,9H,1-6,8,10-14H2/b9-7-. The van der Waals surface area contributed by atoms with Crippen LogP contribution < -0.4 is 0 Å². The third kappa shape index (κ3) is 8.96. The fourth-order valence-corrected chi connectivity index (χ4v) is 2.12. The molecule has 0 spiro atoms. The van der Waals surface area contributed by atoms with E-state index < -0.39 is 0 Å². The second kappa shape index (κ2) is 10.4. The summed E-state index contributed by atoms with van der Waals surface area (Å²) in [5, 5.41) is 0. The molecule has 1 rings (SSSR count). The summed E-state index contributed by atoms with van der Waals surface area (Å²) in [5.41, 5.74) is 0. The first kappa shape index (κ1) is 14.3. The fraction of sp³-hybridized carbons (Fsp3) is 0.800. The second-order valence-electron chi connectivity index (χ2n) is 4.85. The van der Waals surface area contributed by atoms with Gasteiger partial charge in [0, 0.05) is 6.42 Å². The molecule has 0 saturated carbocycles. The van der Waals surface area contributed by atoms with Crippen LogP contribution in [0.4, 0.5) is 0 Å². The smallest absolute Gasteiger partial charge is 0.306 e. The van der Waals surface area contributed by atoms with Gasteiger partial charge in [0.1, 0.15) is 0 Å². The Kier molecular flexibility index (Phi) is 8.71. The average molecular weight is 238 g/mol. The van der Waals surface area contributed by atoms with Crippen LogP contribution in [0.15, 0.2) is 12.2 Å². The molecular weight excluding hydrogens is 212 g/mol. The zero-order chi connectivity index (χ0) is 12.2. The quantitative estimate of drug-likeness (QED) is 0.462. The van der Waals surface area contributed by atoms with Crippen LogP contribution in [0.2, 0.25) is 0 Å². The molecule has 1 heterocycles. The predicted octanol–water partition coefficient (Wildman–Crippen LogP) is 4.39. The number of hydrogen-bond donors (Lipinski definition) is 0. The highest BCUT2D eigenvalue weighted by Gasteiger charge is 2.01. The Labute approximate surface area is 105 Å². The van der Waals surface area contributed by atoms with E-state index in [0.717, 1.165) is 19.3 Å². The van der Waals surface area contributed by atoms with Crippen molar-refractivity contribution in [1.82, 2.24) is 0 Å². The first-order valence-corrected chi connectivity index (χ1v) is 7.20. The zero-order valence-corrected chi connectivity index (χ0v) is 11.0. The Balaban J connectivity index is 2.19. The predicted molar refractivity (Wildman–Crippen MR) is 70.9 cm³/mol. The van der Waals surface area contributed by atoms with E-state index in [2.05, 4.69) is 12.2 Å². The summed E-state index contributed by atoms with van der Waals surface area (Å²) in [6.07, 6.45) is 17.1. The third-order valence-corrected chi connectivity index (χ3v) is 3.21. The molecule has 1 aliphatic rings. The molecule has 0 amide bonds. The van der Waals surface area contributed by atoms with Crippen molar-refractivity contribution in [3.63, 3.8) is 0 Å². The van der Waals surface area contributed by atoms with Crippen molar-refractivity contribution in [3.05, 3.63) is 12.2 Å². The lowest BCUT2D eigenvalue weighted by atomic mass is 10.1. The molecule has 0 fully saturated rings. The van der Waals surface area contributed by atoms with Crippen LogP contribution >= 0.6 is 0 Å². The summed E-state index contributed by atoms with van der Waals surface area (Å²) < 4.78 is 5.17. The molecule has 2 nitrogen and oxygen atoms in total. The third-order valence-electron chi connectivity index (χ3n) is 3.21. The van der Waals surface area contributed by atoms with Crippen LogP contribution in [0.3, 0.4) is 0 Å². The van der Waals surface area contributed by atoms with Crippen molar-refractivity contribution in [2.45, 2.75) is 70.6 Å². The average Bonchev–Trinajstić information content (AvgIpc) is 2.32. The molecule has 0 aromatic carbocycles. The highest BCUT2D eigenvalue weighted by molar-refractivity contribution is 5.69. The van der Waals surface area contributed by atoms with Crippen LogP contribution in [0.5, 0.6) is 0 Å². The number of hydrogen-bond acceptors (Lipinski definition) is 2. The summed E-state index contributed by atoms with van der Waals surface area (Å²) in [4.78, 5) is 11.3.